The van der Waals surface area contributed by atoms with Gasteiger partial charge in [0.15, 0.2) is 0 Å². The van der Waals surface area contributed by atoms with Crippen LogP contribution in [0.4, 0.5) is 0 Å². The fourth-order valence-electron chi connectivity index (χ4n) is 0.631. The fourth-order valence-corrected chi connectivity index (χ4v) is 0.631. The Morgan fingerprint density at radius 3 is 1.47 bits per heavy atom. The molecule has 0 unspecified atom stereocenters. The van der Waals surface area contributed by atoms with E-state index >= 15 is 0 Å². The molecule has 0 aliphatic rings. The first-order chi connectivity index (χ1) is 6.91. The molecule has 0 atom stereocenters. The zero-order valence-electron chi connectivity index (χ0n) is 8.74. The number of quaternary nitrogens is 1. The molecule has 15 heavy (non-hydrogen) atoms. The van der Waals surface area contributed by atoms with Crippen molar-refractivity contribution in [1.29, 1.82) is 0 Å². The molecule has 0 spiro atoms. The molecule has 94 valence electrons. The smallest absolute Gasteiger partial charge is 0.249 e. The van der Waals surface area contributed by atoms with Crippen LogP contribution in [0.15, 0.2) is 0 Å². The summed E-state index contributed by atoms with van der Waals surface area (Å²) in [6, 6.07) is 0. The Labute approximate surface area is 90.5 Å². The van der Waals surface area contributed by atoms with Crippen molar-refractivity contribution in [1.82, 2.24) is 10.6 Å². The first-order valence-corrected chi connectivity index (χ1v) is 6.10. The first kappa shape index (κ1) is 17.1. The van der Waals surface area contributed by atoms with Crippen LogP contribution in [0.1, 0.15) is 0 Å². The van der Waals surface area contributed by atoms with Gasteiger partial charge in [-0.15, -0.1) is 0 Å². The van der Waals surface area contributed by atoms with Crippen LogP contribution in [0, 0.1) is 0 Å². The average Bonchev–Trinajstić information content (AvgIpc) is 2.08. The van der Waals surface area contributed by atoms with E-state index in [0.29, 0.717) is 13.1 Å². The van der Waals surface area contributed by atoms with E-state index in [4.69, 9.17) is 24.4 Å². The second-order valence-corrected chi connectivity index (χ2v) is 3.75. The average molecular weight is 243 g/mol. The summed E-state index contributed by atoms with van der Waals surface area (Å²) in [6.07, 6.45) is 0. The number of hydrogen-bond donors (Lipinski definition) is 5. The quantitative estimate of drug-likeness (QED) is 0.223. The van der Waals surface area contributed by atoms with E-state index in [-0.39, 0.29) is 0 Å². The maximum absolute atomic E-state index is 8.97. The molecule has 0 radical (unpaired) electrons. The minimum atomic E-state index is -4.17. The molecule has 0 rings (SSSR count). The standard InChI is InChI=1S/C6H18N4.H3NO3S/c7-1-3-9-5-6-10-4-2-8;1-5(2,3)4/h9-10H,1-8H2;(H3,1,2,3,4). The van der Waals surface area contributed by atoms with Crippen molar-refractivity contribution in [2.75, 3.05) is 39.3 Å². The third-order valence-electron chi connectivity index (χ3n) is 1.12. The molecular formula is C6H21N5O3S. The lowest BCUT2D eigenvalue weighted by Crippen LogP contribution is -2.55. The molecule has 9 heteroatoms. The van der Waals surface area contributed by atoms with Crippen molar-refractivity contribution >= 4 is 10.3 Å². The van der Waals surface area contributed by atoms with E-state index in [1.807, 2.05) is 0 Å². The van der Waals surface area contributed by atoms with Crippen LogP contribution in [-0.4, -0.2) is 52.2 Å². The second kappa shape index (κ2) is 11.8. The Morgan fingerprint density at radius 2 is 1.27 bits per heavy atom. The van der Waals surface area contributed by atoms with Gasteiger partial charge in [-0.2, -0.15) is 8.42 Å². The van der Waals surface area contributed by atoms with Gasteiger partial charge in [0.05, 0.1) is 0 Å². The highest BCUT2D eigenvalue weighted by Gasteiger charge is 1.83. The molecule has 0 saturated carbocycles. The first-order valence-electron chi connectivity index (χ1n) is 4.52. The maximum atomic E-state index is 8.97. The SMILES string of the molecule is NCCNCCNCCN.[NH3+]S(=O)(=O)[O-]. The van der Waals surface area contributed by atoms with Gasteiger partial charge in [0, 0.05) is 39.3 Å². The predicted octanol–water partition coefficient (Wildman–Crippen LogP) is -4.23. The van der Waals surface area contributed by atoms with E-state index in [1.165, 1.54) is 0 Å². The molecule has 0 aromatic heterocycles. The zero-order chi connectivity index (χ0) is 12.2. The Morgan fingerprint density at radius 1 is 1.00 bits per heavy atom. The third kappa shape index (κ3) is 41.8. The van der Waals surface area contributed by atoms with E-state index in [0.717, 1.165) is 26.2 Å². The van der Waals surface area contributed by atoms with Gasteiger partial charge in [0.1, 0.15) is 0 Å². The van der Waals surface area contributed by atoms with Crippen molar-refractivity contribution in [3.8, 4) is 0 Å². The number of rotatable bonds is 7. The molecule has 0 amide bonds. The fraction of sp³-hybridized carbons (Fsp3) is 1.00. The molecule has 0 aromatic rings. The van der Waals surface area contributed by atoms with Crippen molar-refractivity contribution in [3.05, 3.63) is 0 Å². The summed E-state index contributed by atoms with van der Waals surface area (Å²) in [5.74, 6) is 0. The summed E-state index contributed by atoms with van der Waals surface area (Å²) in [4.78, 5) is 0. The van der Waals surface area contributed by atoms with E-state index < -0.39 is 10.3 Å². The third-order valence-corrected chi connectivity index (χ3v) is 1.12. The molecule has 0 aliphatic heterocycles. The zero-order valence-corrected chi connectivity index (χ0v) is 9.55. The van der Waals surface area contributed by atoms with Gasteiger partial charge < -0.3 is 26.7 Å². The van der Waals surface area contributed by atoms with Gasteiger partial charge in [-0.1, -0.05) is 0 Å². The van der Waals surface area contributed by atoms with Gasteiger partial charge in [0.25, 0.3) is 0 Å². The summed E-state index contributed by atoms with van der Waals surface area (Å²) in [7, 11) is -4.17. The molecule has 0 aromatic carbocycles. The van der Waals surface area contributed by atoms with Crippen LogP contribution in [0.2, 0.25) is 0 Å². The topological polar surface area (TPSA) is 161 Å². The lowest BCUT2D eigenvalue weighted by Gasteiger charge is -2.03. The van der Waals surface area contributed by atoms with Crippen LogP contribution < -0.4 is 27.2 Å². The highest BCUT2D eigenvalue weighted by molar-refractivity contribution is 7.78. The summed E-state index contributed by atoms with van der Waals surface area (Å²) in [5, 5.41) is 8.52. The molecule has 0 heterocycles. The predicted molar refractivity (Wildman–Crippen MR) is 56.4 cm³/mol. The van der Waals surface area contributed by atoms with E-state index in [2.05, 4.69) is 15.8 Å². The van der Waals surface area contributed by atoms with Gasteiger partial charge in [-0.25, -0.2) is 0 Å². The largest absolute Gasteiger partial charge is 0.702 e. The summed E-state index contributed by atoms with van der Waals surface area (Å²) >= 11 is 0. The number of nitrogens with one attached hydrogen (secondary N) is 2. The Kier molecular flexibility index (Phi) is 13.4. The molecule has 0 aliphatic carbocycles. The molecule has 0 fully saturated rings. The normalized spacial score (nSPS) is 10.7. The van der Waals surface area contributed by atoms with Gasteiger partial charge in [0.2, 0.25) is 10.3 Å². The van der Waals surface area contributed by atoms with Crippen molar-refractivity contribution in [2.45, 2.75) is 0 Å². The molecule has 0 saturated heterocycles. The Bertz CT molecular complexity index is 193. The Hall–Kier alpha value is -0.290. The minimum absolute atomic E-state index is 0.705. The molecule has 0 bridgehead atoms. The highest BCUT2D eigenvalue weighted by atomic mass is 32.2. The van der Waals surface area contributed by atoms with Gasteiger partial charge >= 0.3 is 0 Å². The monoisotopic (exact) mass is 243 g/mol. The summed E-state index contributed by atoms with van der Waals surface area (Å²) in [6.45, 7) is 5.14. The Balaban J connectivity index is 0. The van der Waals surface area contributed by atoms with E-state index in [9.17, 15) is 0 Å². The van der Waals surface area contributed by atoms with E-state index in [1.54, 1.807) is 0 Å². The van der Waals surface area contributed by atoms with Crippen LogP contribution in [-0.2, 0) is 10.3 Å². The lowest BCUT2D eigenvalue weighted by atomic mass is 10.5. The summed E-state index contributed by atoms with van der Waals surface area (Å²) < 4.78 is 26.9. The second-order valence-electron chi connectivity index (χ2n) is 2.64. The molecule has 9 N–H and O–H groups in total. The molecular weight excluding hydrogens is 222 g/mol. The van der Waals surface area contributed by atoms with Crippen LogP contribution in [0.3, 0.4) is 0 Å². The number of hydrogen-bond acceptors (Lipinski definition) is 7. The van der Waals surface area contributed by atoms with Crippen LogP contribution in [0.25, 0.3) is 0 Å². The van der Waals surface area contributed by atoms with Crippen molar-refractivity contribution in [2.24, 2.45) is 11.5 Å². The lowest BCUT2D eigenvalue weighted by molar-refractivity contribution is -0.182. The highest BCUT2D eigenvalue weighted by Crippen LogP contribution is 1.57. The maximum Gasteiger partial charge on any atom is 0.249 e. The number of nitrogens with two attached hydrogens (primary N) is 2. The molecule has 8 nitrogen and oxygen atoms in total. The van der Waals surface area contributed by atoms with Gasteiger partial charge in [-0.3, -0.25) is 5.14 Å². The van der Waals surface area contributed by atoms with Crippen LogP contribution in [0.5, 0.6) is 0 Å². The summed E-state index contributed by atoms with van der Waals surface area (Å²) in [5.41, 5.74) is 10.5. The van der Waals surface area contributed by atoms with Crippen molar-refractivity contribution in [3.63, 3.8) is 0 Å². The van der Waals surface area contributed by atoms with Gasteiger partial charge in [-0.05, 0) is 0 Å². The van der Waals surface area contributed by atoms with Crippen LogP contribution >= 0.6 is 0 Å². The minimum Gasteiger partial charge on any atom is -0.702 e. The van der Waals surface area contributed by atoms with Crippen molar-refractivity contribution < 1.29 is 18.1 Å².